The topological polar surface area (TPSA) is 43.6 Å². The highest BCUT2D eigenvalue weighted by Crippen LogP contribution is 2.21. The van der Waals surface area contributed by atoms with E-state index in [9.17, 15) is 0 Å². The fraction of sp³-hybridized carbons (Fsp3) is 0. The second-order valence-corrected chi connectivity index (χ2v) is 4.03. The normalized spacial score (nSPS) is 10.5. The van der Waals surface area contributed by atoms with Gasteiger partial charge in [0.15, 0.2) is 5.82 Å². The summed E-state index contributed by atoms with van der Waals surface area (Å²) in [6, 6.07) is 13.5. The molecule has 0 unspecified atom stereocenters. The summed E-state index contributed by atoms with van der Waals surface area (Å²) in [7, 11) is 0. The second-order valence-electron chi connectivity index (χ2n) is 3.69. The van der Waals surface area contributed by atoms with Gasteiger partial charge in [0.2, 0.25) is 5.28 Å². The van der Waals surface area contributed by atoms with E-state index in [4.69, 9.17) is 11.6 Å². The molecule has 0 aliphatic rings. The van der Waals surface area contributed by atoms with E-state index in [1.165, 1.54) is 0 Å². The summed E-state index contributed by atoms with van der Waals surface area (Å²) in [6.45, 7) is 0. The van der Waals surface area contributed by atoms with Crippen LogP contribution in [-0.4, -0.2) is 19.7 Å². The van der Waals surface area contributed by atoms with Crippen LogP contribution in [-0.2, 0) is 0 Å². The third-order valence-corrected chi connectivity index (χ3v) is 2.68. The summed E-state index contributed by atoms with van der Waals surface area (Å²) in [5.74, 6) is 0.702. The highest BCUT2D eigenvalue weighted by Gasteiger charge is 2.11. The summed E-state index contributed by atoms with van der Waals surface area (Å²) in [6.07, 6.45) is 3.43. The molecule has 5 heteroatoms. The van der Waals surface area contributed by atoms with Crippen LogP contribution in [0.25, 0.3) is 17.1 Å². The van der Waals surface area contributed by atoms with Gasteiger partial charge in [-0.05, 0) is 35.9 Å². The van der Waals surface area contributed by atoms with Crippen LogP contribution >= 0.6 is 11.6 Å². The molecule has 0 bridgehead atoms. The van der Waals surface area contributed by atoms with Crippen LogP contribution < -0.4 is 0 Å². The Morgan fingerprint density at radius 1 is 0.944 bits per heavy atom. The van der Waals surface area contributed by atoms with Gasteiger partial charge in [0.05, 0.1) is 5.69 Å². The molecule has 0 radical (unpaired) electrons. The van der Waals surface area contributed by atoms with Crippen molar-refractivity contribution < 1.29 is 0 Å². The van der Waals surface area contributed by atoms with Crippen LogP contribution in [0, 0.1) is 0 Å². The van der Waals surface area contributed by atoms with Gasteiger partial charge in [-0.3, -0.25) is 4.98 Å². The van der Waals surface area contributed by atoms with Gasteiger partial charge in [-0.2, -0.15) is 4.98 Å². The minimum atomic E-state index is 0.227. The fourth-order valence-corrected chi connectivity index (χ4v) is 1.88. The van der Waals surface area contributed by atoms with Crippen molar-refractivity contribution >= 4 is 11.6 Å². The minimum Gasteiger partial charge on any atom is -0.265 e. The van der Waals surface area contributed by atoms with Crippen molar-refractivity contribution in [1.82, 2.24) is 19.7 Å². The maximum Gasteiger partial charge on any atom is 0.243 e. The molecule has 0 saturated heterocycles. The fourth-order valence-electron chi connectivity index (χ4n) is 1.72. The molecule has 2 heterocycles. The lowest BCUT2D eigenvalue weighted by Gasteiger charge is -2.04. The van der Waals surface area contributed by atoms with Gasteiger partial charge in [0, 0.05) is 18.0 Å². The van der Waals surface area contributed by atoms with Crippen molar-refractivity contribution in [2.75, 3.05) is 0 Å². The number of benzene rings is 1. The van der Waals surface area contributed by atoms with E-state index >= 15 is 0 Å². The van der Waals surface area contributed by atoms with E-state index < -0.39 is 0 Å². The van der Waals surface area contributed by atoms with Gasteiger partial charge >= 0.3 is 0 Å². The Labute approximate surface area is 109 Å². The number of para-hydroxylation sites is 1. The lowest BCUT2D eigenvalue weighted by Crippen LogP contribution is -1.99. The van der Waals surface area contributed by atoms with Gasteiger partial charge in [-0.1, -0.05) is 18.2 Å². The summed E-state index contributed by atoms with van der Waals surface area (Å²) in [4.78, 5) is 8.24. The van der Waals surface area contributed by atoms with Crippen LogP contribution in [0.15, 0.2) is 54.9 Å². The summed E-state index contributed by atoms with van der Waals surface area (Å²) >= 11 is 5.91. The molecular weight excluding hydrogens is 248 g/mol. The van der Waals surface area contributed by atoms with Crippen LogP contribution in [0.3, 0.4) is 0 Å². The highest BCUT2D eigenvalue weighted by molar-refractivity contribution is 6.28. The van der Waals surface area contributed by atoms with Crippen molar-refractivity contribution in [2.45, 2.75) is 0 Å². The van der Waals surface area contributed by atoms with Crippen LogP contribution in [0.1, 0.15) is 0 Å². The monoisotopic (exact) mass is 256 g/mol. The molecule has 0 aliphatic heterocycles. The molecule has 2 aromatic heterocycles. The van der Waals surface area contributed by atoms with Crippen LogP contribution in [0.2, 0.25) is 5.28 Å². The number of aromatic nitrogens is 4. The van der Waals surface area contributed by atoms with Gasteiger partial charge in [0.1, 0.15) is 0 Å². The molecule has 1 aromatic carbocycles. The van der Waals surface area contributed by atoms with Gasteiger partial charge in [-0.25, -0.2) is 4.68 Å². The summed E-state index contributed by atoms with van der Waals surface area (Å²) in [5, 5.41) is 4.44. The van der Waals surface area contributed by atoms with Crippen molar-refractivity contribution in [3.05, 3.63) is 60.1 Å². The van der Waals surface area contributed by atoms with Gasteiger partial charge < -0.3 is 0 Å². The minimum absolute atomic E-state index is 0.227. The Morgan fingerprint density at radius 2 is 1.67 bits per heavy atom. The van der Waals surface area contributed by atoms with Crippen LogP contribution in [0.4, 0.5) is 0 Å². The third-order valence-electron chi connectivity index (χ3n) is 2.52. The average molecular weight is 257 g/mol. The molecule has 18 heavy (non-hydrogen) atoms. The van der Waals surface area contributed by atoms with Crippen molar-refractivity contribution in [1.29, 1.82) is 0 Å². The number of pyridine rings is 1. The number of hydrogen-bond donors (Lipinski definition) is 0. The molecule has 0 spiro atoms. The molecule has 3 rings (SSSR count). The Bertz CT molecular complexity index is 592. The first-order chi connectivity index (χ1) is 8.84. The van der Waals surface area contributed by atoms with Crippen LogP contribution in [0.5, 0.6) is 0 Å². The highest BCUT2D eigenvalue weighted by atomic mass is 35.5. The smallest absolute Gasteiger partial charge is 0.243 e. The molecule has 0 atom stereocenters. The summed E-state index contributed by atoms with van der Waals surface area (Å²) < 4.78 is 1.72. The number of halogens is 1. The van der Waals surface area contributed by atoms with E-state index in [1.807, 2.05) is 42.5 Å². The Morgan fingerprint density at radius 3 is 2.39 bits per heavy atom. The first-order valence-electron chi connectivity index (χ1n) is 5.43. The molecule has 4 nitrogen and oxygen atoms in total. The Hall–Kier alpha value is -2.20. The molecular formula is C13H9ClN4. The van der Waals surface area contributed by atoms with E-state index in [1.54, 1.807) is 17.1 Å². The second kappa shape index (κ2) is 4.58. The van der Waals surface area contributed by atoms with Crippen molar-refractivity contribution in [2.24, 2.45) is 0 Å². The molecule has 0 amide bonds. The molecule has 0 fully saturated rings. The standard InChI is InChI=1S/C13H9ClN4/c14-13-16-12(10-6-8-15-9-7-10)18(17-13)11-4-2-1-3-5-11/h1-9H. The van der Waals surface area contributed by atoms with Crippen molar-refractivity contribution in [3.8, 4) is 17.1 Å². The number of hydrogen-bond acceptors (Lipinski definition) is 3. The first kappa shape index (κ1) is 10.9. The lowest BCUT2D eigenvalue weighted by atomic mass is 10.2. The quantitative estimate of drug-likeness (QED) is 0.708. The van der Waals surface area contributed by atoms with Gasteiger partial charge in [-0.15, -0.1) is 5.10 Å². The zero-order chi connectivity index (χ0) is 12.4. The third kappa shape index (κ3) is 1.98. The zero-order valence-corrected chi connectivity index (χ0v) is 10.1. The molecule has 88 valence electrons. The number of rotatable bonds is 2. The average Bonchev–Trinajstić information content (AvgIpc) is 2.83. The van der Waals surface area contributed by atoms with Crippen molar-refractivity contribution in [3.63, 3.8) is 0 Å². The molecule has 0 aliphatic carbocycles. The first-order valence-corrected chi connectivity index (χ1v) is 5.81. The van der Waals surface area contributed by atoms with E-state index in [2.05, 4.69) is 15.1 Å². The molecule has 0 saturated carbocycles. The SMILES string of the molecule is Clc1nc(-c2ccncc2)n(-c2ccccc2)n1. The molecule has 3 aromatic rings. The maximum atomic E-state index is 5.91. The number of nitrogens with zero attached hydrogens (tertiary/aromatic N) is 4. The van der Waals surface area contributed by atoms with E-state index in [-0.39, 0.29) is 5.28 Å². The largest absolute Gasteiger partial charge is 0.265 e. The Kier molecular flexibility index (Phi) is 2.78. The lowest BCUT2D eigenvalue weighted by molar-refractivity contribution is 0.887. The van der Waals surface area contributed by atoms with E-state index in [0.717, 1.165) is 11.3 Å². The molecule has 0 N–H and O–H groups in total. The van der Waals surface area contributed by atoms with E-state index in [0.29, 0.717) is 5.82 Å². The van der Waals surface area contributed by atoms with Gasteiger partial charge in [0.25, 0.3) is 0 Å². The predicted octanol–water partition coefficient (Wildman–Crippen LogP) is 2.98. The Balaban J connectivity index is 2.17. The maximum absolute atomic E-state index is 5.91. The summed E-state index contributed by atoms with van der Waals surface area (Å²) in [5.41, 5.74) is 1.84. The predicted molar refractivity (Wildman–Crippen MR) is 69.6 cm³/mol. The zero-order valence-electron chi connectivity index (χ0n) is 9.36.